The van der Waals surface area contributed by atoms with Crippen molar-refractivity contribution >= 4 is 16.1 Å². The molecule has 0 N–H and O–H groups in total. The molecule has 1 unspecified atom stereocenters. The first kappa shape index (κ1) is 25.3. The molecular formula is C20H39NO6S. The summed E-state index contributed by atoms with van der Waals surface area (Å²) in [6, 6.07) is 0. The van der Waals surface area contributed by atoms with Gasteiger partial charge < -0.3 is 18.5 Å². The maximum atomic E-state index is 12.1. The number of carbonyl (C=O) groups is 1. The van der Waals surface area contributed by atoms with E-state index in [9.17, 15) is 17.8 Å². The van der Waals surface area contributed by atoms with Crippen LogP contribution in [0.25, 0.3) is 0 Å². The Morgan fingerprint density at radius 1 is 1.04 bits per heavy atom. The Bertz CT molecular complexity index is 531. The molecule has 0 spiro atoms. The number of carbonyl (C=O) groups excluding carboxylic acids is 1. The van der Waals surface area contributed by atoms with Crippen LogP contribution in [0.15, 0.2) is 0 Å². The first-order chi connectivity index (χ1) is 13.2. The highest BCUT2D eigenvalue weighted by molar-refractivity contribution is 7.85. The smallest absolute Gasteiger partial charge is 0.306 e. The molecule has 1 fully saturated rings. The zero-order valence-corrected chi connectivity index (χ0v) is 18.5. The number of morpholine rings is 1. The average molecular weight is 422 g/mol. The lowest BCUT2D eigenvalue weighted by atomic mass is 10.1. The second kappa shape index (κ2) is 13.5. The van der Waals surface area contributed by atoms with Crippen LogP contribution in [0.4, 0.5) is 0 Å². The van der Waals surface area contributed by atoms with Gasteiger partial charge in [0, 0.05) is 6.42 Å². The van der Waals surface area contributed by atoms with E-state index in [4.69, 9.17) is 9.47 Å². The Morgan fingerprint density at radius 2 is 1.57 bits per heavy atom. The molecule has 0 radical (unpaired) electrons. The lowest BCUT2D eigenvalue weighted by Gasteiger charge is -2.39. The standard InChI is InChI=1S/C20H39NO6S/c1-3-4-5-6-7-8-9-10-11-12-20(22)27-19(18-28(23,24)25)17-21(2)13-15-26-16-14-21/h19H,3-18H2,1-2H3. The molecule has 1 saturated heterocycles. The summed E-state index contributed by atoms with van der Waals surface area (Å²) in [6.45, 7) is 5.13. The maximum Gasteiger partial charge on any atom is 0.306 e. The number of nitrogens with zero attached hydrogens (tertiary/aromatic N) is 1. The maximum absolute atomic E-state index is 12.1. The number of unbranched alkanes of at least 4 members (excludes halogenated alkanes) is 8. The lowest BCUT2D eigenvalue weighted by Crippen LogP contribution is -2.56. The molecule has 1 aliphatic rings. The summed E-state index contributed by atoms with van der Waals surface area (Å²) in [6.07, 6.45) is 9.77. The highest BCUT2D eigenvalue weighted by atomic mass is 32.2. The van der Waals surface area contributed by atoms with Crippen LogP contribution in [0.3, 0.4) is 0 Å². The number of hydrogen-bond acceptors (Lipinski definition) is 6. The Morgan fingerprint density at radius 3 is 2.11 bits per heavy atom. The molecule has 0 amide bonds. The lowest BCUT2D eigenvalue weighted by molar-refractivity contribution is -0.919. The molecule has 0 aliphatic carbocycles. The van der Waals surface area contributed by atoms with Gasteiger partial charge in [0.1, 0.15) is 19.6 Å². The van der Waals surface area contributed by atoms with E-state index in [2.05, 4.69) is 6.92 Å². The fraction of sp³-hybridized carbons (Fsp3) is 0.950. The van der Waals surface area contributed by atoms with Gasteiger partial charge in [0.25, 0.3) is 0 Å². The third kappa shape index (κ3) is 12.7. The molecule has 0 aromatic carbocycles. The molecule has 1 aliphatic heterocycles. The fourth-order valence-corrected chi connectivity index (χ4v) is 4.26. The summed E-state index contributed by atoms with van der Waals surface area (Å²) in [5.41, 5.74) is 0. The van der Waals surface area contributed by atoms with Crippen molar-refractivity contribution in [1.82, 2.24) is 0 Å². The predicted octanol–water partition coefficient (Wildman–Crippen LogP) is 2.84. The molecule has 0 aromatic rings. The predicted molar refractivity (Wildman–Crippen MR) is 108 cm³/mol. The second-order valence-corrected chi connectivity index (χ2v) is 9.72. The van der Waals surface area contributed by atoms with E-state index in [0.29, 0.717) is 37.3 Å². The van der Waals surface area contributed by atoms with E-state index in [1.165, 1.54) is 38.5 Å². The van der Waals surface area contributed by atoms with Crippen molar-refractivity contribution in [2.75, 3.05) is 45.6 Å². The Hall–Kier alpha value is -0.700. The average Bonchev–Trinajstić information content (AvgIpc) is 2.59. The quantitative estimate of drug-likeness (QED) is 0.175. The normalized spacial score (nSPS) is 18.0. The van der Waals surface area contributed by atoms with Crippen LogP contribution in [0.5, 0.6) is 0 Å². The third-order valence-electron chi connectivity index (χ3n) is 5.37. The number of quaternary nitrogens is 1. The van der Waals surface area contributed by atoms with Crippen LogP contribution in [-0.4, -0.2) is 75.2 Å². The summed E-state index contributed by atoms with van der Waals surface area (Å²) in [7, 11) is -2.48. The first-order valence-corrected chi connectivity index (χ1v) is 12.4. The van der Waals surface area contributed by atoms with Gasteiger partial charge in [-0.3, -0.25) is 4.79 Å². The van der Waals surface area contributed by atoms with Crippen LogP contribution in [0, 0.1) is 0 Å². The molecule has 0 bridgehead atoms. The van der Waals surface area contributed by atoms with Crippen molar-refractivity contribution in [2.24, 2.45) is 0 Å². The summed E-state index contributed by atoms with van der Waals surface area (Å²) < 4.78 is 44.9. The van der Waals surface area contributed by atoms with Crippen LogP contribution in [0.1, 0.15) is 71.1 Å². The van der Waals surface area contributed by atoms with Gasteiger partial charge in [-0.2, -0.15) is 0 Å². The molecule has 7 nitrogen and oxygen atoms in total. The fourth-order valence-electron chi connectivity index (χ4n) is 3.63. The summed E-state index contributed by atoms with van der Waals surface area (Å²) in [5.74, 6) is -1.07. The van der Waals surface area contributed by atoms with E-state index >= 15 is 0 Å². The van der Waals surface area contributed by atoms with E-state index in [0.717, 1.165) is 19.3 Å². The van der Waals surface area contributed by atoms with Crippen molar-refractivity contribution in [3.05, 3.63) is 0 Å². The SMILES string of the molecule is CCCCCCCCCCCC(=O)OC(C[N+]1(C)CCOCC1)CS(=O)(=O)[O-]. The Kier molecular flexibility index (Phi) is 12.2. The number of rotatable bonds is 15. The van der Waals surface area contributed by atoms with Gasteiger partial charge in [-0.05, 0) is 6.42 Å². The molecule has 1 heterocycles. The van der Waals surface area contributed by atoms with Gasteiger partial charge in [-0.25, -0.2) is 8.42 Å². The Balaban J connectivity index is 2.30. The van der Waals surface area contributed by atoms with Crippen LogP contribution in [-0.2, 0) is 24.4 Å². The minimum absolute atomic E-state index is 0.276. The van der Waals surface area contributed by atoms with Crippen LogP contribution >= 0.6 is 0 Å². The van der Waals surface area contributed by atoms with Crippen molar-refractivity contribution in [1.29, 1.82) is 0 Å². The first-order valence-electron chi connectivity index (χ1n) is 10.8. The molecular weight excluding hydrogens is 382 g/mol. The van der Waals surface area contributed by atoms with E-state index in [1.54, 1.807) is 0 Å². The monoisotopic (exact) mass is 421 g/mol. The third-order valence-corrected chi connectivity index (χ3v) is 6.15. The van der Waals surface area contributed by atoms with Crippen LogP contribution in [0.2, 0.25) is 0 Å². The van der Waals surface area contributed by atoms with Crippen LogP contribution < -0.4 is 0 Å². The van der Waals surface area contributed by atoms with Crippen molar-refractivity contribution in [3.8, 4) is 0 Å². The van der Waals surface area contributed by atoms with E-state index < -0.39 is 27.9 Å². The molecule has 166 valence electrons. The Labute approximate surface area is 171 Å². The minimum atomic E-state index is -4.46. The minimum Gasteiger partial charge on any atom is -0.748 e. The van der Waals surface area contributed by atoms with E-state index in [1.807, 2.05) is 7.05 Å². The number of ether oxygens (including phenoxy) is 2. The highest BCUT2D eigenvalue weighted by Crippen LogP contribution is 2.14. The van der Waals surface area contributed by atoms with Gasteiger partial charge in [0.2, 0.25) is 0 Å². The zero-order valence-electron chi connectivity index (χ0n) is 17.7. The van der Waals surface area contributed by atoms with Gasteiger partial charge in [0.05, 0.1) is 36.1 Å². The summed E-state index contributed by atoms with van der Waals surface area (Å²) in [5, 5.41) is 0. The second-order valence-electron chi connectivity index (χ2n) is 8.28. The van der Waals surface area contributed by atoms with Gasteiger partial charge in [0.15, 0.2) is 6.10 Å². The number of likely N-dealkylation sites (N-methyl/N-ethyl adjacent to an activating group) is 1. The van der Waals surface area contributed by atoms with E-state index in [-0.39, 0.29) is 6.42 Å². The van der Waals surface area contributed by atoms with Gasteiger partial charge in [-0.1, -0.05) is 58.3 Å². The molecule has 1 atom stereocenters. The topological polar surface area (TPSA) is 92.7 Å². The van der Waals surface area contributed by atoms with Gasteiger partial charge in [-0.15, -0.1) is 0 Å². The van der Waals surface area contributed by atoms with Crippen molar-refractivity contribution in [3.63, 3.8) is 0 Å². The van der Waals surface area contributed by atoms with Crippen molar-refractivity contribution in [2.45, 2.75) is 77.2 Å². The molecule has 0 aromatic heterocycles. The molecule has 1 rings (SSSR count). The molecule has 28 heavy (non-hydrogen) atoms. The largest absolute Gasteiger partial charge is 0.748 e. The van der Waals surface area contributed by atoms with Crippen molar-refractivity contribution < 1.29 is 31.7 Å². The molecule has 8 heteroatoms. The number of hydrogen-bond donors (Lipinski definition) is 0. The highest BCUT2D eigenvalue weighted by Gasteiger charge is 2.32. The summed E-state index contributed by atoms with van der Waals surface area (Å²) >= 11 is 0. The number of esters is 1. The zero-order chi connectivity index (χ0) is 20.9. The summed E-state index contributed by atoms with van der Waals surface area (Å²) in [4.78, 5) is 12.1. The molecule has 0 saturated carbocycles. The van der Waals surface area contributed by atoms with Gasteiger partial charge >= 0.3 is 5.97 Å².